The highest BCUT2D eigenvalue weighted by molar-refractivity contribution is 7.89. The summed E-state index contributed by atoms with van der Waals surface area (Å²) >= 11 is 0. The second-order valence-corrected chi connectivity index (χ2v) is 6.36. The summed E-state index contributed by atoms with van der Waals surface area (Å²) in [4.78, 5) is 13.3. The topological polar surface area (TPSA) is 95.6 Å². The molecule has 1 saturated heterocycles. The molecule has 1 aromatic heterocycles. The van der Waals surface area contributed by atoms with Crippen LogP contribution in [0.5, 0.6) is 0 Å². The number of aromatic amines is 1. The quantitative estimate of drug-likeness (QED) is 0.859. The van der Waals surface area contributed by atoms with Gasteiger partial charge in [0.1, 0.15) is 4.90 Å². The van der Waals surface area contributed by atoms with Crippen LogP contribution in [-0.2, 0) is 14.8 Å². The number of aromatic nitrogens is 2. The number of sulfonamides is 1. The van der Waals surface area contributed by atoms with Crippen molar-refractivity contribution in [3.63, 3.8) is 0 Å². The summed E-state index contributed by atoms with van der Waals surface area (Å²) in [6.07, 6.45) is 0.909. The number of hydrogen-bond donors (Lipinski definition) is 1. The monoisotopic (exact) mass is 302 g/mol. The third-order valence-electron chi connectivity index (χ3n) is 3.17. The minimum atomic E-state index is -3.55. The van der Waals surface area contributed by atoms with Crippen molar-refractivity contribution in [2.45, 2.75) is 18.7 Å². The van der Waals surface area contributed by atoms with Gasteiger partial charge < -0.3 is 9.64 Å². The molecule has 0 bridgehead atoms. The fraction of sp³-hybridized carbons (Fsp3) is 0.636. The van der Waals surface area contributed by atoms with Gasteiger partial charge in [0.2, 0.25) is 10.0 Å². The average Bonchev–Trinajstić information content (AvgIpc) is 2.86. The summed E-state index contributed by atoms with van der Waals surface area (Å²) in [5.41, 5.74) is 0.512. The lowest BCUT2D eigenvalue weighted by Gasteiger charge is -2.33. The molecule has 0 aromatic carbocycles. The Bertz CT molecular complexity index is 575. The first kappa shape index (κ1) is 14.8. The van der Waals surface area contributed by atoms with Crippen LogP contribution in [0, 0.1) is 6.92 Å². The van der Waals surface area contributed by atoms with E-state index in [1.165, 1.54) is 15.4 Å². The van der Waals surface area contributed by atoms with E-state index in [0.717, 1.165) is 0 Å². The van der Waals surface area contributed by atoms with E-state index in [9.17, 15) is 13.2 Å². The van der Waals surface area contributed by atoms with E-state index < -0.39 is 16.1 Å². The Morgan fingerprint density at radius 2 is 2.05 bits per heavy atom. The van der Waals surface area contributed by atoms with Gasteiger partial charge in [0.15, 0.2) is 0 Å². The number of carbonyl (C=O) groups is 1. The van der Waals surface area contributed by atoms with Crippen LogP contribution in [0.1, 0.15) is 12.6 Å². The summed E-state index contributed by atoms with van der Waals surface area (Å²) in [6, 6.07) is 0. The molecule has 20 heavy (non-hydrogen) atoms. The van der Waals surface area contributed by atoms with Crippen molar-refractivity contribution in [2.24, 2.45) is 0 Å². The summed E-state index contributed by atoms with van der Waals surface area (Å²) in [5, 5.41) is 6.35. The maximum Gasteiger partial charge on any atom is 0.409 e. The Labute approximate surface area is 117 Å². The number of ether oxygens (including phenoxy) is 1. The third kappa shape index (κ3) is 2.78. The van der Waals surface area contributed by atoms with Crippen LogP contribution >= 0.6 is 0 Å². The lowest BCUT2D eigenvalue weighted by molar-refractivity contribution is 0.0934. The van der Waals surface area contributed by atoms with Gasteiger partial charge in [0.25, 0.3) is 0 Å². The van der Waals surface area contributed by atoms with Crippen molar-refractivity contribution in [3.8, 4) is 0 Å². The first-order valence-corrected chi connectivity index (χ1v) is 7.82. The first-order valence-electron chi connectivity index (χ1n) is 6.38. The predicted octanol–water partition coefficient (Wildman–Crippen LogP) is 0.181. The van der Waals surface area contributed by atoms with Crippen molar-refractivity contribution >= 4 is 16.1 Å². The van der Waals surface area contributed by atoms with E-state index >= 15 is 0 Å². The largest absolute Gasteiger partial charge is 0.450 e. The fourth-order valence-corrected chi connectivity index (χ4v) is 3.61. The van der Waals surface area contributed by atoms with Crippen molar-refractivity contribution in [2.75, 3.05) is 32.8 Å². The van der Waals surface area contributed by atoms with E-state index in [1.807, 2.05) is 0 Å². The van der Waals surface area contributed by atoms with E-state index in [2.05, 4.69) is 10.2 Å². The van der Waals surface area contributed by atoms with Crippen LogP contribution < -0.4 is 0 Å². The average molecular weight is 302 g/mol. The number of piperazine rings is 1. The minimum absolute atomic E-state index is 0.182. The number of amides is 1. The molecule has 0 spiro atoms. The van der Waals surface area contributed by atoms with Crippen LogP contribution in [0.15, 0.2) is 11.1 Å². The van der Waals surface area contributed by atoms with Crippen molar-refractivity contribution in [1.29, 1.82) is 0 Å². The molecule has 2 rings (SSSR count). The third-order valence-corrected chi connectivity index (χ3v) is 5.18. The normalized spacial score (nSPS) is 17.2. The second kappa shape index (κ2) is 5.80. The van der Waals surface area contributed by atoms with Crippen molar-refractivity contribution in [3.05, 3.63) is 11.9 Å². The Balaban J connectivity index is 2.04. The lowest BCUT2D eigenvalue weighted by atomic mass is 10.4. The number of H-pyrrole nitrogens is 1. The molecule has 0 saturated carbocycles. The van der Waals surface area contributed by atoms with Gasteiger partial charge in [-0.3, -0.25) is 5.10 Å². The first-order chi connectivity index (χ1) is 9.46. The lowest BCUT2D eigenvalue weighted by Crippen LogP contribution is -2.50. The van der Waals surface area contributed by atoms with Gasteiger partial charge in [-0.2, -0.15) is 9.40 Å². The molecule has 1 amide bonds. The Kier molecular flexibility index (Phi) is 4.29. The van der Waals surface area contributed by atoms with Gasteiger partial charge in [-0.05, 0) is 13.8 Å². The van der Waals surface area contributed by atoms with Gasteiger partial charge in [-0.1, -0.05) is 0 Å². The summed E-state index contributed by atoms with van der Waals surface area (Å²) in [7, 11) is -3.55. The number of nitrogens with zero attached hydrogens (tertiary/aromatic N) is 3. The molecule has 1 aromatic rings. The van der Waals surface area contributed by atoms with Crippen LogP contribution in [0.4, 0.5) is 4.79 Å². The zero-order valence-corrected chi connectivity index (χ0v) is 12.3. The zero-order valence-electron chi connectivity index (χ0n) is 11.5. The van der Waals surface area contributed by atoms with Crippen LogP contribution in [0.3, 0.4) is 0 Å². The Morgan fingerprint density at radius 1 is 1.40 bits per heavy atom. The van der Waals surface area contributed by atoms with Crippen molar-refractivity contribution in [1.82, 2.24) is 19.4 Å². The molecule has 8 nitrogen and oxygen atoms in total. The molecule has 1 aliphatic heterocycles. The molecular formula is C11H18N4O4S. The molecule has 0 radical (unpaired) electrons. The molecule has 1 fully saturated rings. The number of rotatable bonds is 3. The number of carbonyl (C=O) groups excluding carboxylic acids is 1. The fourth-order valence-electron chi connectivity index (χ4n) is 2.06. The highest BCUT2D eigenvalue weighted by Crippen LogP contribution is 2.19. The highest BCUT2D eigenvalue weighted by atomic mass is 32.2. The zero-order chi connectivity index (χ0) is 14.8. The van der Waals surface area contributed by atoms with Crippen LogP contribution in [0.25, 0.3) is 0 Å². The molecule has 0 unspecified atom stereocenters. The maximum absolute atomic E-state index is 12.4. The molecule has 112 valence electrons. The van der Waals surface area contributed by atoms with E-state index in [0.29, 0.717) is 25.4 Å². The molecule has 2 heterocycles. The number of nitrogens with one attached hydrogen (secondary N) is 1. The van der Waals surface area contributed by atoms with E-state index in [-0.39, 0.29) is 18.0 Å². The van der Waals surface area contributed by atoms with Gasteiger partial charge in [-0.15, -0.1) is 0 Å². The van der Waals surface area contributed by atoms with Gasteiger partial charge in [-0.25, -0.2) is 13.2 Å². The summed E-state index contributed by atoms with van der Waals surface area (Å²) in [6.45, 7) is 4.88. The number of hydrogen-bond acceptors (Lipinski definition) is 5. The number of aryl methyl sites for hydroxylation is 1. The molecule has 9 heteroatoms. The SMILES string of the molecule is CCOC(=O)N1CCN(S(=O)(=O)c2cn[nH]c2C)CC1. The van der Waals surface area contributed by atoms with Crippen LogP contribution in [0.2, 0.25) is 0 Å². The summed E-state index contributed by atoms with van der Waals surface area (Å²) < 4.78 is 31.1. The molecular weight excluding hydrogens is 284 g/mol. The molecule has 1 aliphatic rings. The van der Waals surface area contributed by atoms with Crippen molar-refractivity contribution < 1.29 is 17.9 Å². The van der Waals surface area contributed by atoms with Gasteiger partial charge >= 0.3 is 6.09 Å². The Morgan fingerprint density at radius 3 is 2.55 bits per heavy atom. The molecule has 0 atom stereocenters. The Hall–Kier alpha value is -1.61. The predicted molar refractivity (Wildman–Crippen MR) is 70.7 cm³/mol. The van der Waals surface area contributed by atoms with Crippen LogP contribution in [-0.4, -0.2) is 66.7 Å². The van der Waals surface area contributed by atoms with E-state index in [4.69, 9.17) is 4.74 Å². The minimum Gasteiger partial charge on any atom is -0.450 e. The summed E-state index contributed by atoms with van der Waals surface area (Å²) in [5.74, 6) is 0. The maximum atomic E-state index is 12.4. The van der Waals surface area contributed by atoms with Gasteiger partial charge in [0, 0.05) is 26.2 Å². The second-order valence-electron chi connectivity index (χ2n) is 4.45. The van der Waals surface area contributed by atoms with Gasteiger partial charge in [0.05, 0.1) is 18.5 Å². The standard InChI is InChI=1S/C11H18N4O4S/c1-3-19-11(16)14-4-6-15(7-5-14)20(17,18)10-8-12-13-9(10)2/h8H,3-7H2,1-2H3,(H,12,13). The smallest absolute Gasteiger partial charge is 0.409 e. The molecule has 0 aliphatic carbocycles. The van der Waals surface area contributed by atoms with E-state index in [1.54, 1.807) is 13.8 Å². The molecule has 1 N–H and O–H groups in total. The highest BCUT2D eigenvalue weighted by Gasteiger charge is 2.32.